The van der Waals surface area contributed by atoms with Crippen molar-refractivity contribution in [1.82, 2.24) is 9.78 Å². The molecule has 0 spiro atoms. The molecule has 1 aromatic rings. The molecule has 0 aromatic carbocycles. The first-order valence-electron chi connectivity index (χ1n) is 4.62. The average molecular weight is 197 g/mol. The molecule has 2 heterocycles. The van der Waals surface area contributed by atoms with E-state index in [1.807, 2.05) is 23.5 Å². The van der Waals surface area contributed by atoms with Gasteiger partial charge in [0.15, 0.2) is 0 Å². The molecular weight excluding hydrogens is 182 g/mol. The Hall–Kier alpha value is -0.640. The third-order valence-electron chi connectivity index (χ3n) is 2.34. The van der Waals surface area contributed by atoms with Crippen molar-refractivity contribution >= 4 is 17.4 Å². The maximum absolute atomic E-state index is 4.40. The van der Waals surface area contributed by atoms with E-state index in [0.717, 1.165) is 12.2 Å². The van der Waals surface area contributed by atoms with Crippen molar-refractivity contribution < 1.29 is 0 Å². The van der Waals surface area contributed by atoms with Gasteiger partial charge in [0.05, 0.1) is 11.4 Å². The van der Waals surface area contributed by atoms with Crippen LogP contribution in [0.3, 0.4) is 0 Å². The summed E-state index contributed by atoms with van der Waals surface area (Å²) in [5.74, 6) is 0. The monoisotopic (exact) mass is 197 g/mol. The maximum atomic E-state index is 4.40. The van der Waals surface area contributed by atoms with Gasteiger partial charge in [-0.05, 0) is 13.3 Å². The van der Waals surface area contributed by atoms with Crippen molar-refractivity contribution in [2.24, 2.45) is 7.05 Å². The highest BCUT2D eigenvalue weighted by Gasteiger charge is 2.19. The molecular formula is C9H15N3S. The highest BCUT2D eigenvalue weighted by atomic mass is 32.2. The molecule has 0 aliphatic carbocycles. The van der Waals surface area contributed by atoms with Gasteiger partial charge in [0, 0.05) is 18.8 Å². The highest BCUT2D eigenvalue weighted by molar-refractivity contribution is 8.00. The number of thioether (sulfide) groups is 1. The van der Waals surface area contributed by atoms with E-state index in [0.29, 0.717) is 5.25 Å². The number of aryl methyl sites for hydroxylation is 2. The predicted octanol–water partition coefficient (Wildman–Crippen LogP) is 2.02. The Kier molecular flexibility index (Phi) is 2.24. The molecule has 1 aliphatic rings. The summed E-state index contributed by atoms with van der Waals surface area (Å²) in [6.45, 7) is 5.39. The van der Waals surface area contributed by atoms with E-state index in [2.05, 4.69) is 24.3 Å². The summed E-state index contributed by atoms with van der Waals surface area (Å²) in [4.78, 5) is 0. The van der Waals surface area contributed by atoms with Crippen LogP contribution in [0.25, 0.3) is 0 Å². The molecule has 0 radical (unpaired) electrons. The molecule has 0 saturated carbocycles. The van der Waals surface area contributed by atoms with Crippen molar-refractivity contribution in [2.45, 2.75) is 30.5 Å². The van der Waals surface area contributed by atoms with Gasteiger partial charge in [-0.3, -0.25) is 4.68 Å². The molecule has 0 fully saturated rings. The Morgan fingerprint density at radius 1 is 1.62 bits per heavy atom. The number of aromatic nitrogens is 2. The van der Waals surface area contributed by atoms with Gasteiger partial charge >= 0.3 is 0 Å². The summed E-state index contributed by atoms with van der Waals surface area (Å²) in [5.41, 5.74) is 2.34. The lowest BCUT2D eigenvalue weighted by Crippen LogP contribution is -2.04. The van der Waals surface area contributed by atoms with Crippen LogP contribution in [0.4, 0.5) is 5.69 Å². The van der Waals surface area contributed by atoms with Gasteiger partial charge in [-0.2, -0.15) is 5.10 Å². The lowest BCUT2D eigenvalue weighted by molar-refractivity contribution is 0.692. The van der Waals surface area contributed by atoms with E-state index < -0.39 is 0 Å². The van der Waals surface area contributed by atoms with Crippen LogP contribution >= 0.6 is 11.8 Å². The zero-order valence-corrected chi connectivity index (χ0v) is 9.11. The molecule has 1 aromatic heterocycles. The molecule has 72 valence electrons. The zero-order chi connectivity index (χ0) is 9.42. The van der Waals surface area contributed by atoms with Gasteiger partial charge in [-0.1, -0.05) is 6.92 Å². The van der Waals surface area contributed by atoms with Gasteiger partial charge < -0.3 is 5.32 Å². The van der Waals surface area contributed by atoms with Crippen molar-refractivity contribution in [3.63, 3.8) is 0 Å². The molecule has 1 atom stereocenters. The molecule has 2 rings (SSSR count). The molecule has 0 amide bonds. The van der Waals surface area contributed by atoms with E-state index >= 15 is 0 Å². The van der Waals surface area contributed by atoms with Crippen molar-refractivity contribution in [2.75, 3.05) is 11.9 Å². The topological polar surface area (TPSA) is 29.9 Å². The number of hydrogen-bond acceptors (Lipinski definition) is 3. The smallest absolute Gasteiger partial charge is 0.117 e. The molecule has 13 heavy (non-hydrogen) atoms. The van der Waals surface area contributed by atoms with Crippen LogP contribution in [0.15, 0.2) is 5.03 Å². The van der Waals surface area contributed by atoms with Gasteiger partial charge in [0.25, 0.3) is 0 Å². The maximum Gasteiger partial charge on any atom is 0.117 e. The van der Waals surface area contributed by atoms with Gasteiger partial charge in [0.1, 0.15) is 5.03 Å². The van der Waals surface area contributed by atoms with Crippen LogP contribution in [-0.4, -0.2) is 21.6 Å². The van der Waals surface area contributed by atoms with Crippen LogP contribution in [-0.2, 0) is 7.05 Å². The van der Waals surface area contributed by atoms with Crippen molar-refractivity contribution in [1.29, 1.82) is 0 Å². The third-order valence-corrected chi connectivity index (χ3v) is 3.66. The second-order valence-corrected chi connectivity index (χ2v) is 4.96. The Balaban J connectivity index is 2.41. The lowest BCUT2D eigenvalue weighted by Gasteiger charge is -2.05. The largest absolute Gasteiger partial charge is 0.381 e. The number of hydrogen-bond donors (Lipinski definition) is 1. The lowest BCUT2D eigenvalue weighted by atomic mass is 10.3. The minimum Gasteiger partial charge on any atom is -0.381 e. The van der Waals surface area contributed by atoms with E-state index in [-0.39, 0.29) is 0 Å². The summed E-state index contributed by atoms with van der Waals surface area (Å²) in [6.07, 6.45) is 1.22. The van der Waals surface area contributed by atoms with E-state index in [1.165, 1.54) is 17.1 Å². The fourth-order valence-electron chi connectivity index (χ4n) is 1.63. The number of nitrogens with zero attached hydrogens (tertiary/aromatic N) is 2. The number of anilines is 1. The standard InChI is InChI=1S/C9H15N3S/c1-6-4-5-10-8-7(2)11-12(3)9(8)13-6/h6,10H,4-5H2,1-3H3. The van der Waals surface area contributed by atoms with Crippen LogP contribution in [0.5, 0.6) is 0 Å². The average Bonchev–Trinajstić information content (AvgIpc) is 2.28. The molecule has 4 heteroatoms. The quantitative estimate of drug-likeness (QED) is 0.690. The van der Waals surface area contributed by atoms with Gasteiger partial charge in [-0.25, -0.2) is 0 Å². The molecule has 0 saturated heterocycles. The Morgan fingerprint density at radius 3 is 3.15 bits per heavy atom. The Labute approximate surface area is 82.9 Å². The molecule has 1 N–H and O–H groups in total. The molecule has 1 aliphatic heterocycles. The van der Waals surface area contributed by atoms with Crippen molar-refractivity contribution in [3.8, 4) is 0 Å². The Morgan fingerprint density at radius 2 is 2.38 bits per heavy atom. The van der Waals surface area contributed by atoms with E-state index in [9.17, 15) is 0 Å². The van der Waals surface area contributed by atoms with Crippen LogP contribution in [0, 0.1) is 6.92 Å². The summed E-state index contributed by atoms with van der Waals surface area (Å²) < 4.78 is 1.98. The molecule has 0 bridgehead atoms. The van der Waals surface area contributed by atoms with Gasteiger partial charge in [-0.15, -0.1) is 11.8 Å². The summed E-state index contributed by atoms with van der Waals surface area (Å²) in [6, 6.07) is 0. The minimum atomic E-state index is 0.684. The SMILES string of the molecule is Cc1nn(C)c2c1NCCC(C)S2. The fourth-order valence-corrected chi connectivity index (χ4v) is 2.77. The number of rotatable bonds is 0. The van der Waals surface area contributed by atoms with Gasteiger partial charge in [0.2, 0.25) is 0 Å². The van der Waals surface area contributed by atoms with Crippen LogP contribution in [0.2, 0.25) is 0 Å². The summed E-state index contributed by atoms with van der Waals surface area (Å²) in [7, 11) is 2.01. The highest BCUT2D eigenvalue weighted by Crippen LogP contribution is 2.35. The first-order valence-corrected chi connectivity index (χ1v) is 5.50. The molecule has 1 unspecified atom stereocenters. The second kappa shape index (κ2) is 3.25. The number of fused-ring (bicyclic) bond motifs is 1. The fraction of sp³-hybridized carbons (Fsp3) is 0.667. The summed E-state index contributed by atoms with van der Waals surface area (Å²) >= 11 is 1.92. The third kappa shape index (κ3) is 1.55. The minimum absolute atomic E-state index is 0.684. The second-order valence-electron chi connectivity index (χ2n) is 3.53. The first kappa shape index (κ1) is 8.94. The zero-order valence-electron chi connectivity index (χ0n) is 8.29. The predicted molar refractivity (Wildman–Crippen MR) is 56.4 cm³/mol. The van der Waals surface area contributed by atoms with E-state index in [1.54, 1.807) is 0 Å². The van der Waals surface area contributed by atoms with Crippen LogP contribution in [0.1, 0.15) is 19.0 Å². The normalized spacial score (nSPS) is 21.9. The number of nitrogens with one attached hydrogen (secondary N) is 1. The first-order chi connectivity index (χ1) is 6.18. The Bertz CT molecular complexity index is 319. The summed E-state index contributed by atoms with van der Waals surface area (Å²) in [5, 5.41) is 9.81. The molecule has 3 nitrogen and oxygen atoms in total. The van der Waals surface area contributed by atoms with E-state index in [4.69, 9.17) is 0 Å². The van der Waals surface area contributed by atoms with Crippen LogP contribution < -0.4 is 5.32 Å². The van der Waals surface area contributed by atoms with Crippen molar-refractivity contribution in [3.05, 3.63) is 5.69 Å².